The highest BCUT2D eigenvalue weighted by Crippen LogP contribution is 2.19. The lowest BCUT2D eigenvalue weighted by Crippen LogP contribution is -2.43. The number of hydrogen-bond acceptors (Lipinski definition) is 4. The quantitative estimate of drug-likeness (QED) is 0.758. The minimum absolute atomic E-state index is 0.0387. The lowest BCUT2D eigenvalue weighted by atomic mass is 9.87. The molecule has 88 valence electrons. The Balaban J connectivity index is 2.53. The van der Waals surface area contributed by atoms with Crippen LogP contribution in [0.3, 0.4) is 0 Å². The molecule has 0 aliphatic rings. The lowest BCUT2D eigenvalue weighted by molar-refractivity contribution is -0.130. The molecule has 1 rings (SSSR count). The van der Waals surface area contributed by atoms with Gasteiger partial charge in [-0.25, -0.2) is 0 Å². The monoisotopic (exact) mass is 222 g/mol. The molecule has 0 radical (unpaired) electrons. The van der Waals surface area contributed by atoms with E-state index in [1.807, 2.05) is 19.9 Å². The summed E-state index contributed by atoms with van der Waals surface area (Å²) >= 11 is 0. The van der Waals surface area contributed by atoms with Crippen molar-refractivity contribution < 1.29 is 4.79 Å². The van der Waals surface area contributed by atoms with Crippen LogP contribution in [-0.4, -0.2) is 22.6 Å². The van der Waals surface area contributed by atoms with Gasteiger partial charge in [0.15, 0.2) is 0 Å². The summed E-state index contributed by atoms with van der Waals surface area (Å²) in [7, 11) is 0. The van der Waals surface area contributed by atoms with Gasteiger partial charge in [0.05, 0.1) is 17.7 Å². The molecule has 0 saturated carbocycles. The van der Waals surface area contributed by atoms with Crippen LogP contribution in [0.15, 0.2) is 18.3 Å². The van der Waals surface area contributed by atoms with Crippen LogP contribution in [0.4, 0.5) is 0 Å². The van der Waals surface area contributed by atoms with Gasteiger partial charge in [0.2, 0.25) is 5.91 Å². The summed E-state index contributed by atoms with van der Waals surface area (Å²) in [5.41, 5.74) is 5.84. The second kappa shape index (κ2) is 5.55. The second-order valence-electron chi connectivity index (χ2n) is 4.02. The third kappa shape index (κ3) is 3.00. The molecule has 0 aromatic carbocycles. The maximum Gasteiger partial charge on any atom is 0.227 e. The van der Waals surface area contributed by atoms with E-state index in [4.69, 9.17) is 5.73 Å². The van der Waals surface area contributed by atoms with E-state index in [0.29, 0.717) is 13.1 Å². The summed E-state index contributed by atoms with van der Waals surface area (Å²) in [5.74, 6) is -0.0387. The Bertz CT molecular complexity index is 335. The molecule has 1 atom stereocenters. The fourth-order valence-electron chi connectivity index (χ4n) is 1.21. The zero-order chi connectivity index (χ0) is 12.0. The van der Waals surface area contributed by atoms with Gasteiger partial charge >= 0.3 is 0 Å². The van der Waals surface area contributed by atoms with Gasteiger partial charge < -0.3 is 11.1 Å². The molecule has 1 amide bonds. The van der Waals surface area contributed by atoms with Gasteiger partial charge in [0.25, 0.3) is 0 Å². The SMILES string of the molecule is CCC(C)(CN)C(=O)NCc1cccnn1. The predicted molar refractivity (Wildman–Crippen MR) is 61.3 cm³/mol. The third-order valence-electron chi connectivity index (χ3n) is 2.84. The molecule has 0 fully saturated rings. The van der Waals surface area contributed by atoms with Crippen molar-refractivity contribution in [3.05, 3.63) is 24.0 Å². The van der Waals surface area contributed by atoms with Crippen molar-refractivity contribution >= 4 is 5.91 Å². The number of hydrogen-bond donors (Lipinski definition) is 2. The zero-order valence-electron chi connectivity index (χ0n) is 9.73. The van der Waals surface area contributed by atoms with Crippen LogP contribution in [0.1, 0.15) is 26.0 Å². The van der Waals surface area contributed by atoms with Gasteiger partial charge in [-0.2, -0.15) is 10.2 Å². The average molecular weight is 222 g/mol. The number of nitrogens with two attached hydrogens (primary N) is 1. The van der Waals surface area contributed by atoms with Gasteiger partial charge in [0.1, 0.15) is 0 Å². The fraction of sp³-hybridized carbons (Fsp3) is 0.545. The molecular formula is C11H18N4O. The van der Waals surface area contributed by atoms with Crippen molar-refractivity contribution in [2.75, 3.05) is 6.54 Å². The standard InChI is InChI=1S/C11H18N4O/c1-3-11(2,8-12)10(16)13-7-9-5-4-6-14-15-9/h4-6H,3,7-8,12H2,1-2H3,(H,13,16). The number of nitrogens with one attached hydrogen (secondary N) is 1. The highest BCUT2D eigenvalue weighted by molar-refractivity contribution is 5.82. The molecule has 5 nitrogen and oxygen atoms in total. The normalized spacial score (nSPS) is 14.2. The first kappa shape index (κ1) is 12.6. The number of amides is 1. The number of rotatable bonds is 5. The van der Waals surface area contributed by atoms with Crippen LogP contribution in [0.2, 0.25) is 0 Å². The van der Waals surface area contributed by atoms with Crippen molar-refractivity contribution in [2.24, 2.45) is 11.1 Å². The minimum Gasteiger partial charge on any atom is -0.350 e. The summed E-state index contributed by atoms with van der Waals surface area (Å²) in [6.07, 6.45) is 2.32. The zero-order valence-corrected chi connectivity index (χ0v) is 9.73. The molecule has 3 N–H and O–H groups in total. The van der Waals surface area contributed by atoms with Crippen LogP contribution in [0.25, 0.3) is 0 Å². The summed E-state index contributed by atoms with van der Waals surface area (Å²) in [4.78, 5) is 11.9. The Morgan fingerprint density at radius 3 is 2.88 bits per heavy atom. The Morgan fingerprint density at radius 1 is 1.62 bits per heavy atom. The summed E-state index contributed by atoms with van der Waals surface area (Å²) in [6.45, 7) is 4.55. The van der Waals surface area contributed by atoms with Crippen LogP contribution in [-0.2, 0) is 11.3 Å². The number of carbonyl (C=O) groups is 1. The molecule has 0 saturated heterocycles. The van der Waals surface area contributed by atoms with Crippen LogP contribution in [0, 0.1) is 5.41 Å². The van der Waals surface area contributed by atoms with E-state index in [-0.39, 0.29) is 5.91 Å². The molecule has 0 bridgehead atoms. The smallest absolute Gasteiger partial charge is 0.227 e. The molecule has 1 aromatic heterocycles. The molecule has 1 heterocycles. The van der Waals surface area contributed by atoms with E-state index < -0.39 is 5.41 Å². The van der Waals surface area contributed by atoms with E-state index in [9.17, 15) is 4.79 Å². The lowest BCUT2D eigenvalue weighted by Gasteiger charge is -2.24. The van der Waals surface area contributed by atoms with E-state index in [1.165, 1.54) is 0 Å². The summed E-state index contributed by atoms with van der Waals surface area (Å²) < 4.78 is 0. The van der Waals surface area contributed by atoms with Crippen molar-refractivity contribution in [2.45, 2.75) is 26.8 Å². The number of carbonyl (C=O) groups excluding carboxylic acids is 1. The average Bonchev–Trinajstić information content (AvgIpc) is 2.36. The second-order valence-corrected chi connectivity index (χ2v) is 4.02. The van der Waals surface area contributed by atoms with E-state index in [2.05, 4.69) is 15.5 Å². The van der Waals surface area contributed by atoms with Crippen molar-refractivity contribution in [3.8, 4) is 0 Å². The molecular weight excluding hydrogens is 204 g/mol. The van der Waals surface area contributed by atoms with E-state index >= 15 is 0 Å². The first-order chi connectivity index (χ1) is 7.62. The van der Waals surface area contributed by atoms with Crippen molar-refractivity contribution in [1.29, 1.82) is 0 Å². The minimum atomic E-state index is -0.498. The maximum absolute atomic E-state index is 11.9. The Kier molecular flexibility index (Phi) is 4.37. The molecule has 0 aliphatic carbocycles. The topological polar surface area (TPSA) is 80.9 Å². The first-order valence-electron chi connectivity index (χ1n) is 5.37. The Labute approximate surface area is 95.4 Å². The maximum atomic E-state index is 11.9. The highest BCUT2D eigenvalue weighted by atomic mass is 16.2. The third-order valence-corrected chi connectivity index (χ3v) is 2.84. The molecule has 16 heavy (non-hydrogen) atoms. The van der Waals surface area contributed by atoms with Crippen LogP contribution >= 0.6 is 0 Å². The number of nitrogens with zero attached hydrogens (tertiary/aromatic N) is 2. The molecule has 1 aromatic rings. The van der Waals surface area contributed by atoms with Gasteiger partial charge in [-0.05, 0) is 25.5 Å². The highest BCUT2D eigenvalue weighted by Gasteiger charge is 2.29. The number of aromatic nitrogens is 2. The summed E-state index contributed by atoms with van der Waals surface area (Å²) in [6, 6.07) is 3.61. The van der Waals surface area contributed by atoms with Gasteiger partial charge in [0, 0.05) is 12.7 Å². The van der Waals surface area contributed by atoms with Gasteiger partial charge in [-0.1, -0.05) is 6.92 Å². The van der Waals surface area contributed by atoms with Crippen molar-refractivity contribution in [3.63, 3.8) is 0 Å². The van der Waals surface area contributed by atoms with Crippen LogP contribution in [0.5, 0.6) is 0 Å². The van der Waals surface area contributed by atoms with E-state index in [0.717, 1.165) is 12.1 Å². The molecule has 0 aliphatic heterocycles. The predicted octanol–water partition coefficient (Wildman–Crippen LogP) is 0.468. The largest absolute Gasteiger partial charge is 0.350 e. The summed E-state index contributed by atoms with van der Waals surface area (Å²) in [5, 5.41) is 10.4. The Morgan fingerprint density at radius 2 is 2.38 bits per heavy atom. The molecule has 0 spiro atoms. The fourth-order valence-corrected chi connectivity index (χ4v) is 1.21. The molecule has 5 heteroatoms. The van der Waals surface area contributed by atoms with Crippen molar-refractivity contribution in [1.82, 2.24) is 15.5 Å². The van der Waals surface area contributed by atoms with Crippen LogP contribution < -0.4 is 11.1 Å². The van der Waals surface area contributed by atoms with Gasteiger partial charge in [-0.3, -0.25) is 4.79 Å². The first-order valence-corrected chi connectivity index (χ1v) is 5.37. The van der Waals surface area contributed by atoms with Gasteiger partial charge in [-0.15, -0.1) is 0 Å². The van der Waals surface area contributed by atoms with E-state index in [1.54, 1.807) is 12.3 Å². The molecule has 1 unspecified atom stereocenters. The Hall–Kier alpha value is -1.49.